The van der Waals surface area contributed by atoms with Gasteiger partial charge in [-0.15, -0.1) is 0 Å². The average molecular weight is 425 g/mol. The summed E-state index contributed by atoms with van der Waals surface area (Å²) in [5.74, 6) is 1.25. The van der Waals surface area contributed by atoms with Crippen molar-refractivity contribution in [2.75, 3.05) is 11.5 Å². The molecule has 2 aromatic heterocycles. The predicted octanol–water partition coefficient (Wildman–Crippen LogP) is 6.18. The quantitative estimate of drug-likeness (QED) is 0.416. The highest BCUT2D eigenvalue weighted by Crippen LogP contribution is 2.40. The fraction of sp³-hybridized carbons (Fsp3) is 0.304. The molecule has 0 spiro atoms. The Morgan fingerprint density at radius 3 is 2.43 bits per heavy atom. The molecule has 0 bridgehead atoms. The number of aromatic nitrogens is 3. The van der Waals surface area contributed by atoms with Crippen LogP contribution in [0.2, 0.25) is 0 Å². The van der Waals surface area contributed by atoms with Gasteiger partial charge in [-0.3, -0.25) is 5.10 Å². The van der Waals surface area contributed by atoms with Crippen LogP contribution >= 0.6 is 0 Å². The van der Waals surface area contributed by atoms with E-state index in [4.69, 9.17) is 4.98 Å². The molecule has 4 rings (SSSR count). The van der Waals surface area contributed by atoms with Crippen molar-refractivity contribution in [2.45, 2.75) is 33.6 Å². The molecule has 0 radical (unpaired) electrons. The number of halogens is 1. The van der Waals surface area contributed by atoms with E-state index in [1.165, 1.54) is 12.1 Å². The maximum Gasteiger partial charge on any atom is 0.169 e. The number of rotatable bonds is 5. The molecule has 1 N–H and O–H groups in total. The molecule has 0 unspecified atom stereocenters. The summed E-state index contributed by atoms with van der Waals surface area (Å²) in [6, 6.07) is 10.5. The Hall–Kier alpha value is -2.80. The van der Waals surface area contributed by atoms with Crippen molar-refractivity contribution in [1.29, 1.82) is 0 Å². The number of hydrogen-bond donors (Lipinski definition) is 1. The molecule has 0 aliphatic carbocycles. The predicted molar refractivity (Wildman–Crippen MR) is 122 cm³/mol. The molecule has 0 fully saturated rings. The number of benzene rings is 2. The number of nitrogens with zero attached hydrogens (tertiary/aromatic N) is 3. The molecule has 5 nitrogen and oxygen atoms in total. The molecule has 0 saturated heterocycles. The number of H-pyrrole nitrogens is 1. The van der Waals surface area contributed by atoms with Gasteiger partial charge < -0.3 is 0 Å². The minimum absolute atomic E-state index is 0.0998. The van der Waals surface area contributed by atoms with E-state index < -0.39 is 9.73 Å². The first-order valence-electron chi connectivity index (χ1n) is 10.1. The number of nitrogens with one attached hydrogen (secondary N) is 1. The first-order valence-corrected chi connectivity index (χ1v) is 12.0. The van der Waals surface area contributed by atoms with Crippen LogP contribution < -0.4 is 0 Å². The molecule has 4 aromatic rings. The van der Waals surface area contributed by atoms with E-state index in [0.29, 0.717) is 17.3 Å². The molecule has 0 aliphatic heterocycles. The van der Waals surface area contributed by atoms with Crippen molar-refractivity contribution in [3.63, 3.8) is 0 Å². The number of fused-ring (bicyclic) bond motifs is 2. The molecule has 0 aliphatic rings. The molecule has 156 valence electrons. The zero-order valence-electron chi connectivity index (χ0n) is 17.6. The normalized spacial score (nSPS) is 12.2. The third kappa shape index (κ3) is 3.58. The molecule has 7 heteroatoms. The van der Waals surface area contributed by atoms with Crippen molar-refractivity contribution < 1.29 is 8.60 Å². The molecular weight excluding hydrogens is 399 g/mol. The second-order valence-electron chi connectivity index (χ2n) is 7.65. The fourth-order valence-electron chi connectivity index (χ4n) is 3.65. The lowest BCUT2D eigenvalue weighted by Crippen LogP contribution is -2.06. The van der Waals surface area contributed by atoms with E-state index in [-0.39, 0.29) is 11.7 Å². The van der Waals surface area contributed by atoms with E-state index in [0.717, 1.165) is 38.5 Å². The Morgan fingerprint density at radius 1 is 1.10 bits per heavy atom. The van der Waals surface area contributed by atoms with Crippen molar-refractivity contribution in [3.8, 4) is 11.1 Å². The van der Waals surface area contributed by atoms with Crippen LogP contribution in [0.3, 0.4) is 0 Å². The van der Waals surface area contributed by atoms with E-state index in [9.17, 15) is 8.60 Å². The summed E-state index contributed by atoms with van der Waals surface area (Å²) in [6.45, 7) is 7.91. The Kier molecular flexibility index (Phi) is 5.32. The maximum absolute atomic E-state index is 13.6. The lowest BCUT2D eigenvalue weighted by Gasteiger charge is -2.18. The van der Waals surface area contributed by atoms with Gasteiger partial charge in [0, 0.05) is 27.8 Å². The highest BCUT2D eigenvalue weighted by Gasteiger charge is 2.20. The molecule has 0 saturated carbocycles. The SMILES string of the molecule is CCS(=O)(CC)=Nc1nc(C(C)C)c(-c2ccc(F)cc2)c2cc3cn[nH]c3cc12. The maximum atomic E-state index is 13.6. The smallest absolute Gasteiger partial charge is 0.169 e. The van der Waals surface area contributed by atoms with Gasteiger partial charge >= 0.3 is 0 Å². The molecule has 2 heterocycles. The summed E-state index contributed by atoms with van der Waals surface area (Å²) in [7, 11) is -2.39. The van der Waals surface area contributed by atoms with Gasteiger partial charge in [-0.05, 0) is 41.1 Å². The Labute approximate surface area is 175 Å². The zero-order valence-corrected chi connectivity index (χ0v) is 18.4. The number of aromatic amines is 1. The van der Waals surface area contributed by atoms with Gasteiger partial charge in [-0.25, -0.2) is 13.6 Å². The van der Waals surface area contributed by atoms with Crippen LogP contribution in [0.5, 0.6) is 0 Å². The summed E-state index contributed by atoms with van der Waals surface area (Å²) in [6.07, 6.45) is 1.77. The second-order valence-corrected chi connectivity index (χ2v) is 10.5. The van der Waals surface area contributed by atoms with Crippen LogP contribution in [0.4, 0.5) is 10.2 Å². The minimum Gasteiger partial charge on any atom is -0.278 e. The lowest BCUT2D eigenvalue weighted by atomic mass is 9.92. The van der Waals surface area contributed by atoms with Crippen molar-refractivity contribution >= 4 is 37.2 Å². The van der Waals surface area contributed by atoms with Crippen molar-refractivity contribution in [1.82, 2.24) is 15.2 Å². The Bertz CT molecular complexity index is 1340. The first kappa shape index (κ1) is 20.5. The number of hydrogen-bond acceptors (Lipinski definition) is 4. The van der Waals surface area contributed by atoms with E-state index in [2.05, 4.69) is 34.5 Å². The first-order chi connectivity index (χ1) is 14.3. The van der Waals surface area contributed by atoms with Crippen LogP contribution in [0.15, 0.2) is 47.0 Å². The van der Waals surface area contributed by atoms with Crippen LogP contribution in [0.25, 0.3) is 32.8 Å². The van der Waals surface area contributed by atoms with Crippen LogP contribution in [-0.2, 0) is 9.73 Å². The standard InChI is InChI=1S/C23H25FN4OS/c1-5-30(29,6-2)28-23-19-12-20-16(13-25-27-20)11-18(19)21(22(26-23)14(3)4)15-7-9-17(24)10-8-15/h7-14H,5-6H2,1-4H3,(H,25,27). The largest absolute Gasteiger partial charge is 0.278 e. The van der Waals surface area contributed by atoms with Crippen molar-refractivity contribution in [3.05, 3.63) is 54.1 Å². The molecule has 0 atom stereocenters. The highest BCUT2D eigenvalue weighted by molar-refractivity contribution is 7.93. The van der Waals surface area contributed by atoms with Gasteiger partial charge in [0.2, 0.25) is 0 Å². The summed E-state index contributed by atoms with van der Waals surface area (Å²) in [4.78, 5) is 4.90. The summed E-state index contributed by atoms with van der Waals surface area (Å²) in [5, 5.41) is 9.86. The summed E-state index contributed by atoms with van der Waals surface area (Å²) < 4.78 is 31.4. The average Bonchev–Trinajstić information content (AvgIpc) is 3.20. The fourth-order valence-corrected chi connectivity index (χ4v) is 4.77. The lowest BCUT2D eigenvalue weighted by molar-refractivity contribution is 0.628. The van der Waals surface area contributed by atoms with Gasteiger partial charge in [-0.1, -0.05) is 39.8 Å². The highest BCUT2D eigenvalue weighted by atomic mass is 32.2. The minimum atomic E-state index is -2.39. The van der Waals surface area contributed by atoms with Gasteiger partial charge in [0.15, 0.2) is 5.82 Å². The Balaban J connectivity index is 2.18. The van der Waals surface area contributed by atoms with Gasteiger partial charge in [-0.2, -0.15) is 9.46 Å². The third-order valence-corrected chi connectivity index (χ3v) is 7.72. The molecule has 0 amide bonds. The Morgan fingerprint density at radius 2 is 1.80 bits per heavy atom. The summed E-state index contributed by atoms with van der Waals surface area (Å²) >= 11 is 0. The monoisotopic (exact) mass is 424 g/mol. The van der Waals surface area contributed by atoms with Crippen LogP contribution in [0, 0.1) is 5.82 Å². The van der Waals surface area contributed by atoms with Gasteiger partial charge in [0.05, 0.1) is 27.1 Å². The van der Waals surface area contributed by atoms with Gasteiger partial charge in [0.25, 0.3) is 0 Å². The van der Waals surface area contributed by atoms with Crippen LogP contribution in [-0.4, -0.2) is 30.9 Å². The van der Waals surface area contributed by atoms with E-state index in [1.54, 1.807) is 18.3 Å². The topological polar surface area (TPSA) is 71.0 Å². The van der Waals surface area contributed by atoms with E-state index in [1.807, 2.05) is 19.9 Å². The zero-order chi connectivity index (χ0) is 21.5. The van der Waals surface area contributed by atoms with Crippen molar-refractivity contribution in [2.24, 2.45) is 4.36 Å². The second kappa shape index (κ2) is 7.80. The van der Waals surface area contributed by atoms with Gasteiger partial charge in [0.1, 0.15) is 5.82 Å². The summed E-state index contributed by atoms with van der Waals surface area (Å²) in [5.41, 5.74) is 3.55. The van der Waals surface area contributed by atoms with E-state index >= 15 is 0 Å². The molecular formula is C23H25FN4OS. The molecule has 30 heavy (non-hydrogen) atoms. The molecule has 2 aromatic carbocycles. The number of pyridine rings is 1. The third-order valence-electron chi connectivity index (χ3n) is 5.41. The van der Waals surface area contributed by atoms with Crippen LogP contribution in [0.1, 0.15) is 39.3 Å².